The highest BCUT2D eigenvalue weighted by Crippen LogP contribution is 2.14. The van der Waals surface area contributed by atoms with Gasteiger partial charge in [-0.3, -0.25) is 0 Å². The predicted molar refractivity (Wildman–Crippen MR) is 81.6 cm³/mol. The molecule has 0 saturated heterocycles. The third-order valence-electron chi connectivity index (χ3n) is 2.72. The number of hydrogen-bond acceptors (Lipinski definition) is 5. The molecule has 0 radical (unpaired) electrons. The molecule has 0 spiro atoms. The third-order valence-corrected chi connectivity index (χ3v) is 2.72. The monoisotopic (exact) mass is 265 g/mol. The highest BCUT2D eigenvalue weighted by molar-refractivity contribution is 5.46. The van der Waals surface area contributed by atoms with Gasteiger partial charge in [0.05, 0.1) is 0 Å². The van der Waals surface area contributed by atoms with Crippen LogP contribution < -0.4 is 10.6 Å². The van der Waals surface area contributed by atoms with Gasteiger partial charge in [-0.15, -0.1) is 0 Å². The van der Waals surface area contributed by atoms with Gasteiger partial charge in [0.25, 0.3) is 0 Å². The van der Waals surface area contributed by atoms with Crippen molar-refractivity contribution < 1.29 is 0 Å². The van der Waals surface area contributed by atoms with Crippen molar-refractivity contribution in [1.82, 2.24) is 14.9 Å². The third kappa shape index (κ3) is 6.38. The van der Waals surface area contributed by atoms with Crippen molar-refractivity contribution in [2.45, 2.75) is 33.2 Å². The number of likely N-dealkylation sites (N-methyl/N-ethyl adjacent to an activating group) is 1. The Labute approximate surface area is 116 Å². The molecule has 0 aliphatic carbocycles. The van der Waals surface area contributed by atoms with Crippen LogP contribution in [0.1, 0.15) is 27.2 Å². The van der Waals surface area contributed by atoms with E-state index in [0.29, 0.717) is 12.0 Å². The van der Waals surface area contributed by atoms with Gasteiger partial charge in [0.2, 0.25) is 0 Å². The van der Waals surface area contributed by atoms with E-state index in [2.05, 4.69) is 60.4 Å². The highest BCUT2D eigenvalue weighted by Gasteiger charge is 2.12. The molecule has 0 saturated carbocycles. The van der Waals surface area contributed by atoms with Crippen molar-refractivity contribution in [3.8, 4) is 0 Å². The van der Waals surface area contributed by atoms with Gasteiger partial charge in [0.15, 0.2) is 0 Å². The summed E-state index contributed by atoms with van der Waals surface area (Å²) >= 11 is 0. The Bertz CT molecular complexity index is 355. The van der Waals surface area contributed by atoms with Gasteiger partial charge in [-0.2, -0.15) is 0 Å². The Kier molecular flexibility index (Phi) is 6.56. The number of hydrogen-bond donors (Lipinski definition) is 2. The van der Waals surface area contributed by atoms with E-state index in [1.807, 2.05) is 6.07 Å². The molecule has 5 heteroatoms. The van der Waals surface area contributed by atoms with Crippen molar-refractivity contribution >= 4 is 11.6 Å². The zero-order valence-electron chi connectivity index (χ0n) is 12.8. The maximum Gasteiger partial charge on any atom is 0.131 e. The van der Waals surface area contributed by atoms with E-state index in [0.717, 1.165) is 31.1 Å². The van der Waals surface area contributed by atoms with Crippen LogP contribution in [0.2, 0.25) is 0 Å². The highest BCUT2D eigenvalue weighted by atomic mass is 15.1. The van der Waals surface area contributed by atoms with Crippen LogP contribution in [0.25, 0.3) is 0 Å². The number of nitrogens with one attached hydrogen (secondary N) is 2. The lowest BCUT2D eigenvalue weighted by atomic mass is 10.0. The molecule has 1 aromatic rings. The smallest absolute Gasteiger partial charge is 0.131 e. The van der Waals surface area contributed by atoms with Gasteiger partial charge in [-0.1, -0.05) is 13.8 Å². The van der Waals surface area contributed by atoms with Crippen LogP contribution in [0.15, 0.2) is 12.4 Å². The Hall–Kier alpha value is -1.36. The van der Waals surface area contributed by atoms with Gasteiger partial charge < -0.3 is 15.5 Å². The molecule has 1 rings (SSSR count). The molecule has 1 aromatic heterocycles. The van der Waals surface area contributed by atoms with Crippen LogP contribution in [-0.2, 0) is 0 Å². The molecule has 0 fully saturated rings. The second-order valence-electron chi connectivity index (χ2n) is 5.55. The summed E-state index contributed by atoms with van der Waals surface area (Å²) in [5.74, 6) is 2.42. The minimum Gasteiger partial charge on any atom is -0.370 e. The molecular weight excluding hydrogens is 238 g/mol. The second kappa shape index (κ2) is 7.94. The average Bonchev–Trinajstić information content (AvgIpc) is 2.27. The van der Waals surface area contributed by atoms with Gasteiger partial charge in [-0.05, 0) is 33.4 Å². The molecule has 19 heavy (non-hydrogen) atoms. The predicted octanol–water partition coefficient (Wildman–Crippen LogP) is 2.30. The van der Waals surface area contributed by atoms with Crippen LogP contribution in [-0.4, -0.2) is 48.1 Å². The molecule has 2 N–H and O–H groups in total. The lowest BCUT2D eigenvalue weighted by Gasteiger charge is -2.24. The van der Waals surface area contributed by atoms with Crippen LogP contribution in [0.5, 0.6) is 0 Å². The summed E-state index contributed by atoms with van der Waals surface area (Å²) in [6.07, 6.45) is 2.72. The average molecular weight is 265 g/mol. The van der Waals surface area contributed by atoms with Gasteiger partial charge in [0.1, 0.15) is 18.0 Å². The number of anilines is 2. The lowest BCUT2D eigenvalue weighted by Crippen LogP contribution is -2.33. The molecule has 0 aliphatic rings. The van der Waals surface area contributed by atoms with Gasteiger partial charge >= 0.3 is 0 Å². The van der Waals surface area contributed by atoms with E-state index in [9.17, 15) is 0 Å². The first-order valence-electron chi connectivity index (χ1n) is 6.98. The Balaban J connectivity index is 2.68. The molecule has 5 nitrogen and oxygen atoms in total. The molecule has 0 amide bonds. The molecule has 1 heterocycles. The summed E-state index contributed by atoms with van der Waals surface area (Å²) in [4.78, 5) is 10.7. The van der Waals surface area contributed by atoms with E-state index < -0.39 is 0 Å². The maximum atomic E-state index is 4.30. The zero-order chi connectivity index (χ0) is 14.3. The number of nitrogens with zero attached hydrogens (tertiary/aromatic N) is 3. The summed E-state index contributed by atoms with van der Waals surface area (Å²) in [6, 6.07) is 2.37. The fourth-order valence-corrected chi connectivity index (χ4v) is 2.11. The maximum absolute atomic E-state index is 4.30. The summed E-state index contributed by atoms with van der Waals surface area (Å²) in [7, 11) is 4.19. The summed E-state index contributed by atoms with van der Waals surface area (Å²) < 4.78 is 0. The van der Waals surface area contributed by atoms with Crippen molar-refractivity contribution in [3.63, 3.8) is 0 Å². The fourth-order valence-electron chi connectivity index (χ4n) is 2.11. The minimum atomic E-state index is 0.402. The summed E-state index contributed by atoms with van der Waals surface area (Å²) in [6.45, 7) is 8.41. The molecule has 0 aromatic carbocycles. The van der Waals surface area contributed by atoms with Crippen LogP contribution in [0.4, 0.5) is 11.6 Å². The summed E-state index contributed by atoms with van der Waals surface area (Å²) in [5.41, 5.74) is 0. The van der Waals surface area contributed by atoms with Crippen LogP contribution in [0, 0.1) is 5.92 Å². The molecular formula is C14H27N5. The zero-order valence-corrected chi connectivity index (χ0v) is 12.8. The van der Waals surface area contributed by atoms with Crippen molar-refractivity contribution in [1.29, 1.82) is 0 Å². The van der Waals surface area contributed by atoms with E-state index in [-0.39, 0.29) is 0 Å². The summed E-state index contributed by atoms with van der Waals surface area (Å²) in [5, 5.41) is 6.71. The molecule has 0 aliphatic heterocycles. The van der Waals surface area contributed by atoms with E-state index in [4.69, 9.17) is 0 Å². The molecule has 0 bridgehead atoms. The second-order valence-corrected chi connectivity index (χ2v) is 5.55. The van der Waals surface area contributed by atoms with E-state index in [1.165, 1.54) is 0 Å². The Morgan fingerprint density at radius 2 is 1.89 bits per heavy atom. The first kappa shape index (κ1) is 15.7. The van der Waals surface area contributed by atoms with Crippen LogP contribution in [0.3, 0.4) is 0 Å². The largest absolute Gasteiger partial charge is 0.370 e. The van der Waals surface area contributed by atoms with Crippen LogP contribution >= 0.6 is 0 Å². The van der Waals surface area contributed by atoms with E-state index in [1.54, 1.807) is 6.33 Å². The van der Waals surface area contributed by atoms with Crippen molar-refractivity contribution in [2.24, 2.45) is 5.92 Å². The number of aromatic nitrogens is 2. The topological polar surface area (TPSA) is 53.1 Å². The molecule has 1 unspecified atom stereocenters. The van der Waals surface area contributed by atoms with Crippen molar-refractivity contribution in [3.05, 3.63) is 12.4 Å². The minimum absolute atomic E-state index is 0.402. The van der Waals surface area contributed by atoms with Crippen molar-refractivity contribution in [2.75, 3.05) is 37.8 Å². The molecule has 1 atom stereocenters. The fraction of sp³-hybridized carbons (Fsp3) is 0.714. The Morgan fingerprint density at radius 1 is 1.21 bits per heavy atom. The quantitative estimate of drug-likeness (QED) is 0.755. The SMILES string of the molecule is CCNc1cc(NC(CC(C)C)CN(C)C)ncn1. The standard InChI is InChI=1S/C14H27N5/c1-6-15-13-8-14(17-10-16-13)18-12(7-11(2)3)9-19(4)5/h8,10-12H,6-7,9H2,1-5H3,(H2,15,16,17,18). The van der Waals surface area contributed by atoms with Gasteiger partial charge in [-0.25, -0.2) is 9.97 Å². The number of rotatable bonds is 8. The van der Waals surface area contributed by atoms with E-state index >= 15 is 0 Å². The first-order chi connectivity index (χ1) is 9.01. The Morgan fingerprint density at radius 3 is 2.47 bits per heavy atom. The first-order valence-corrected chi connectivity index (χ1v) is 6.98. The van der Waals surface area contributed by atoms with Gasteiger partial charge in [0, 0.05) is 25.2 Å². The molecule has 108 valence electrons. The normalized spacial score (nSPS) is 12.8. The lowest BCUT2D eigenvalue weighted by molar-refractivity contribution is 0.356.